The summed E-state index contributed by atoms with van der Waals surface area (Å²) in [5.74, 6) is 0.628. The first-order valence-corrected chi connectivity index (χ1v) is 6.20. The van der Waals surface area contributed by atoms with Crippen LogP contribution in [0.5, 0.6) is 0 Å². The molecule has 2 unspecified atom stereocenters. The predicted molar refractivity (Wildman–Crippen MR) is 62.3 cm³/mol. The number of likely N-dealkylation sites (tertiary alicyclic amines) is 1. The molecule has 0 saturated carbocycles. The Labute approximate surface area is 97.5 Å². The highest BCUT2D eigenvalue weighted by Gasteiger charge is 2.39. The van der Waals surface area contributed by atoms with Gasteiger partial charge >= 0.3 is 6.09 Å². The van der Waals surface area contributed by atoms with Crippen molar-refractivity contribution in [1.82, 2.24) is 9.80 Å². The van der Waals surface area contributed by atoms with Gasteiger partial charge in [0, 0.05) is 31.6 Å². The van der Waals surface area contributed by atoms with Crippen molar-refractivity contribution in [1.29, 1.82) is 0 Å². The molecule has 0 bridgehead atoms. The summed E-state index contributed by atoms with van der Waals surface area (Å²) < 4.78 is 5.20. The molecule has 0 aromatic carbocycles. The van der Waals surface area contributed by atoms with Gasteiger partial charge in [-0.25, -0.2) is 4.79 Å². The van der Waals surface area contributed by atoms with Gasteiger partial charge in [0.2, 0.25) is 0 Å². The van der Waals surface area contributed by atoms with Gasteiger partial charge < -0.3 is 14.5 Å². The molecule has 0 N–H and O–H groups in total. The average molecular weight is 226 g/mol. The Morgan fingerprint density at radius 3 is 2.44 bits per heavy atom. The molecule has 0 radical (unpaired) electrons. The van der Waals surface area contributed by atoms with Crippen LogP contribution in [0.1, 0.15) is 27.7 Å². The molecule has 4 nitrogen and oxygen atoms in total. The molecule has 2 saturated heterocycles. The molecular weight excluding hydrogens is 204 g/mol. The van der Waals surface area contributed by atoms with Crippen molar-refractivity contribution in [3.63, 3.8) is 0 Å². The molecule has 1 amide bonds. The summed E-state index contributed by atoms with van der Waals surface area (Å²) in [6.45, 7) is 11.5. The Morgan fingerprint density at radius 2 is 2.00 bits per heavy atom. The van der Waals surface area contributed by atoms with Gasteiger partial charge in [0.1, 0.15) is 6.10 Å². The first kappa shape index (κ1) is 11.7. The third-order valence-corrected chi connectivity index (χ3v) is 3.86. The van der Waals surface area contributed by atoms with Crippen LogP contribution in [-0.2, 0) is 4.74 Å². The topological polar surface area (TPSA) is 32.8 Å². The monoisotopic (exact) mass is 226 g/mol. The summed E-state index contributed by atoms with van der Waals surface area (Å²) in [6, 6.07) is 0.846. The maximum Gasteiger partial charge on any atom is 0.410 e. The molecule has 2 aliphatic heterocycles. The van der Waals surface area contributed by atoms with E-state index in [0.29, 0.717) is 12.0 Å². The van der Waals surface area contributed by atoms with Gasteiger partial charge in [0.05, 0.1) is 6.04 Å². The Bertz CT molecular complexity index is 274. The highest BCUT2D eigenvalue weighted by Crippen LogP contribution is 2.25. The lowest BCUT2D eigenvalue weighted by Crippen LogP contribution is -2.54. The highest BCUT2D eigenvalue weighted by molar-refractivity contribution is 5.70. The lowest BCUT2D eigenvalue weighted by atomic mass is 9.97. The second kappa shape index (κ2) is 4.24. The smallest absolute Gasteiger partial charge is 0.410 e. The van der Waals surface area contributed by atoms with Gasteiger partial charge in [0.15, 0.2) is 0 Å². The molecule has 4 heteroatoms. The molecule has 2 rings (SSSR count). The summed E-state index contributed by atoms with van der Waals surface area (Å²) in [4.78, 5) is 15.9. The minimum Gasteiger partial charge on any atom is -0.444 e. The number of nitrogens with zero attached hydrogens (tertiary/aromatic N) is 2. The standard InChI is InChI=1S/C12H22N2O2/c1-8(2)13-5-11(6-13)7-14-9(3)10(4)16-12(14)15/h8-11H,5-7H2,1-4H3. The third-order valence-electron chi connectivity index (χ3n) is 3.86. The molecule has 0 aliphatic carbocycles. The van der Waals surface area contributed by atoms with Crippen LogP contribution in [-0.4, -0.2) is 53.7 Å². The summed E-state index contributed by atoms with van der Waals surface area (Å²) in [6.07, 6.45) is -0.100. The van der Waals surface area contributed by atoms with E-state index in [0.717, 1.165) is 19.6 Å². The highest BCUT2D eigenvalue weighted by atomic mass is 16.6. The van der Waals surface area contributed by atoms with Gasteiger partial charge in [-0.2, -0.15) is 0 Å². The van der Waals surface area contributed by atoms with Gasteiger partial charge in [-0.3, -0.25) is 0 Å². The van der Waals surface area contributed by atoms with E-state index in [4.69, 9.17) is 4.74 Å². The lowest BCUT2D eigenvalue weighted by molar-refractivity contribution is 0.0465. The van der Waals surface area contributed by atoms with Crippen LogP contribution in [0.4, 0.5) is 4.79 Å². The first-order valence-electron chi connectivity index (χ1n) is 6.20. The van der Waals surface area contributed by atoms with Crippen molar-refractivity contribution < 1.29 is 9.53 Å². The van der Waals surface area contributed by atoms with Crippen molar-refractivity contribution >= 4 is 6.09 Å². The second-order valence-electron chi connectivity index (χ2n) is 5.40. The predicted octanol–water partition coefficient (Wildman–Crippen LogP) is 1.56. The van der Waals surface area contributed by atoms with Crippen LogP contribution in [0.3, 0.4) is 0 Å². The van der Waals surface area contributed by atoms with Gasteiger partial charge in [-0.05, 0) is 27.7 Å². The minimum atomic E-state index is -0.136. The fourth-order valence-corrected chi connectivity index (χ4v) is 2.41. The number of ether oxygens (including phenoxy) is 1. The minimum absolute atomic E-state index is 0.0359. The number of amides is 1. The molecule has 16 heavy (non-hydrogen) atoms. The van der Waals surface area contributed by atoms with E-state index in [1.54, 1.807) is 0 Å². The lowest BCUT2D eigenvalue weighted by Gasteiger charge is -2.43. The van der Waals surface area contributed by atoms with E-state index < -0.39 is 0 Å². The average Bonchev–Trinajstić information content (AvgIpc) is 2.35. The molecule has 0 aromatic heterocycles. The van der Waals surface area contributed by atoms with Gasteiger partial charge in [-0.1, -0.05) is 0 Å². The fraction of sp³-hybridized carbons (Fsp3) is 0.917. The Hall–Kier alpha value is -0.770. The summed E-state index contributed by atoms with van der Waals surface area (Å²) in [5, 5.41) is 0. The SMILES string of the molecule is CC1OC(=O)N(CC2CN(C(C)C)C2)C1C. The number of hydrogen-bond acceptors (Lipinski definition) is 3. The zero-order chi connectivity index (χ0) is 11.9. The van der Waals surface area contributed by atoms with Crippen LogP contribution >= 0.6 is 0 Å². The van der Waals surface area contributed by atoms with E-state index >= 15 is 0 Å². The number of carbonyl (C=O) groups is 1. The maximum atomic E-state index is 11.6. The van der Waals surface area contributed by atoms with E-state index in [9.17, 15) is 4.79 Å². The molecule has 2 atom stereocenters. The molecule has 0 aromatic rings. The van der Waals surface area contributed by atoms with Crippen LogP contribution in [0.2, 0.25) is 0 Å². The second-order valence-corrected chi connectivity index (χ2v) is 5.40. The van der Waals surface area contributed by atoms with E-state index in [1.807, 2.05) is 11.8 Å². The van der Waals surface area contributed by atoms with Crippen molar-refractivity contribution in [2.75, 3.05) is 19.6 Å². The van der Waals surface area contributed by atoms with Crippen LogP contribution < -0.4 is 0 Å². The normalized spacial score (nSPS) is 32.1. The number of hydrogen-bond donors (Lipinski definition) is 0. The number of cyclic esters (lactones) is 1. The fourth-order valence-electron chi connectivity index (χ4n) is 2.41. The third kappa shape index (κ3) is 2.03. The van der Waals surface area contributed by atoms with Crippen LogP contribution in [0, 0.1) is 5.92 Å². The quantitative estimate of drug-likeness (QED) is 0.732. The molecule has 92 valence electrons. The van der Waals surface area contributed by atoms with Crippen LogP contribution in [0.25, 0.3) is 0 Å². The van der Waals surface area contributed by atoms with Crippen molar-refractivity contribution in [2.24, 2.45) is 5.92 Å². The van der Waals surface area contributed by atoms with E-state index in [2.05, 4.69) is 25.7 Å². The molecule has 2 aliphatic rings. The van der Waals surface area contributed by atoms with Crippen LogP contribution in [0.15, 0.2) is 0 Å². The zero-order valence-electron chi connectivity index (χ0n) is 10.6. The van der Waals surface area contributed by atoms with Gasteiger partial charge in [-0.15, -0.1) is 0 Å². The van der Waals surface area contributed by atoms with Crippen molar-refractivity contribution in [3.8, 4) is 0 Å². The Balaban J connectivity index is 1.81. The molecular formula is C12H22N2O2. The summed E-state index contributed by atoms with van der Waals surface area (Å²) >= 11 is 0. The van der Waals surface area contributed by atoms with Crippen molar-refractivity contribution in [2.45, 2.75) is 45.9 Å². The van der Waals surface area contributed by atoms with E-state index in [1.165, 1.54) is 0 Å². The number of carbonyl (C=O) groups excluding carboxylic acids is 1. The van der Waals surface area contributed by atoms with E-state index in [-0.39, 0.29) is 18.2 Å². The zero-order valence-corrected chi connectivity index (χ0v) is 10.6. The Kier molecular flexibility index (Phi) is 3.10. The largest absolute Gasteiger partial charge is 0.444 e. The summed E-state index contributed by atoms with van der Waals surface area (Å²) in [7, 11) is 0. The maximum absolute atomic E-state index is 11.6. The molecule has 0 spiro atoms. The first-order chi connectivity index (χ1) is 7.49. The molecule has 2 fully saturated rings. The molecule has 2 heterocycles. The van der Waals surface area contributed by atoms with Crippen molar-refractivity contribution in [3.05, 3.63) is 0 Å². The van der Waals surface area contributed by atoms with Gasteiger partial charge in [0.25, 0.3) is 0 Å². The number of rotatable bonds is 3. The Morgan fingerprint density at radius 1 is 1.38 bits per heavy atom. The summed E-state index contributed by atoms with van der Waals surface area (Å²) in [5.41, 5.74) is 0.